The zero-order valence-electron chi connectivity index (χ0n) is 24.4. The van der Waals surface area contributed by atoms with E-state index < -0.39 is 0 Å². The average Bonchev–Trinajstić information content (AvgIpc) is 2.99. The molecule has 0 aliphatic rings. The topological polar surface area (TPSA) is 77.4 Å². The van der Waals surface area contributed by atoms with Crippen LogP contribution in [0, 0.1) is 0 Å². The van der Waals surface area contributed by atoms with Crippen LogP contribution in [0.1, 0.15) is 73.9 Å². The van der Waals surface area contributed by atoms with Crippen LogP contribution in [0.15, 0.2) is 48.5 Å². The first kappa shape index (κ1) is 30.8. The summed E-state index contributed by atoms with van der Waals surface area (Å²) in [6.07, 6.45) is 9.79. The van der Waals surface area contributed by atoms with E-state index >= 15 is 0 Å². The summed E-state index contributed by atoms with van der Waals surface area (Å²) in [6, 6.07) is 15.8. The maximum Gasteiger partial charge on any atom is 0.203 e. The molecule has 0 heterocycles. The van der Waals surface area contributed by atoms with Crippen LogP contribution in [0.2, 0.25) is 0 Å². The lowest BCUT2D eigenvalue weighted by atomic mass is 10.0. The fourth-order valence-electron chi connectivity index (χ4n) is 4.05. The lowest BCUT2D eigenvalue weighted by Gasteiger charge is -2.19. The summed E-state index contributed by atoms with van der Waals surface area (Å²) in [7, 11) is 3.25. The van der Waals surface area contributed by atoms with E-state index in [4.69, 9.17) is 18.9 Å². The van der Waals surface area contributed by atoms with Gasteiger partial charge in [-0.25, -0.2) is 0 Å². The predicted molar refractivity (Wildman–Crippen MR) is 163 cm³/mol. The van der Waals surface area contributed by atoms with Crippen LogP contribution in [-0.2, 0) is 13.2 Å². The number of methoxy groups -OCH3 is 2. The van der Waals surface area contributed by atoms with E-state index in [1.807, 2.05) is 93.6 Å². The standard InChI is InChI=1S/C34H42O6/c1-7-23(3)39-33-29(21-35)17-27(18-30(33)22-36)15-13-25-9-11-26(12-10-25)14-16-28-19-31(37-5)34(32(20-28)38-6)40-24(4)8-2/h9-20,23-24,35-36H,7-8,21-22H2,1-6H3/b15-13+,16-14+. The van der Waals surface area contributed by atoms with Crippen molar-refractivity contribution in [1.29, 1.82) is 0 Å². The van der Waals surface area contributed by atoms with Gasteiger partial charge in [0.15, 0.2) is 11.5 Å². The molecule has 2 N–H and O–H groups in total. The third kappa shape index (κ3) is 8.13. The Kier molecular flexibility index (Phi) is 11.7. The summed E-state index contributed by atoms with van der Waals surface area (Å²) < 4.78 is 23.2. The van der Waals surface area contributed by atoms with Crippen molar-refractivity contribution in [2.75, 3.05) is 14.2 Å². The Labute approximate surface area is 238 Å². The van der Waals surface area contributed by atoms with E-state index in [1.54, 1.807) is 14.2 Å². The molecule has 0 radical (unpaired) electrons. The minimum atomic E-state index is -0.160. The second-order valence-corrected chi connectivity index (χ2v) is 9.75. The second kappa shape index (κ2) is 15.2. The first-order valence-electron chi connectivity index (χ1n) is 13.8. The van der Waals surface area contributed by atoms with Gasteiger partial charge in [0, 0.05) is 11.1 Å². The van der Waals surface area contributed by atoms with Crippen molar-refractivity contribution < 1.29 is 29.2 Å². The Bertz CT molecular complexity index is 1140. The van der Waals surface area contributed by atoms with E-state index in [1.165, 1.54) is 0 Å². The fraction of sp³-hybridized carbons (Fsp3) is 0.353. The highest BCUT2D eigenvalue weighted by molar-refractivity contribution is 5.75. The molecule has 0 saturated heterocycles. The number of benzene rings is 3. The number of hydrogen-bond donors (Lipinski definition) is 2. The summed E-state index contributed by atoms with van der Waals surface area (Å²) in [5.74, 6) is 2.45. The minimum absolute atomic E-state index is 0.00314. The molecule has 0 spiro atoms. The van der Waals surface area contributed by atoms with Gasteiger partial charge in [-0.15, -0.1) is 0 Å². The molecule has 0 aliphatic heterocycles. The van der Waals surface area contributed by atoms with Gasteiger partial charge in [-0.3, -0.25) is 0 Å². The predicted octanol–water partition coefficient (Wildman–Crippen LogP) is 7.38. The van der Waals surface area contributed by atoms with Crippen LogP contribution in [0.4, 0.5) is 0 Å². The first-order valence-corrected chi connectivity index (χ1v) is 13.8. The molecular formula is C34H42O6. The summed E-state index contributed by atoms with van der Waals surface area (Å²) in [6.45, 7) is 7.78. The highest BCUT2D eigenvalue weighted by Gasteiger charge is 2.16. The molecule has 3 aromatic rings. The number of aliphatic hydroxyl groups is 2. The van der Waals surface area contributed by atoms with Crippen LogP contribution in [0.5, 0.6) is 23.0 Å². The van der Waals surface area contributed by atoms with Crippen molar-refractivity contribution in [2.24, 2.45) is 0 Å². The monoisotopic (exact) mass is 546 g/mol. The summed E-state index contributed by atoms with van der Waals surface area (Å²) >= 11 is 0. The summed E-state index contributed by atoms with van der Waals surface area (Å²) in [5.41, 5.74) is 5.24. The van der Waals surface area contributed by atoms with Gasteiger partial charge in [-0.1, -0.05) is 62.4 Å². The van der Waals surface area contributed by atoms with Gasteiger partial charge in [0.1, 0.15) is 5.75 Å². The van der Waals surface area contributed by atoms with Crippen molar-refractivity contribution in [1.82, 2.24) is 0 Å². The number of rotatable bonds is 14. The van der Waals surface area contributed by atoms with E-state index in [0.29, 0.717) is 34.1 Å². The molecule has 0 saturated carbocycles. The second-order valence-electron chi connectivity index (χ2n) is 9.75. The Morgan fingerprint density at radius 3 is 1.35 bits per heavy atom. The molecule has 0 fully saturated rings. The number of hydrogen-bond acceptors (Lipinski definition) is 6. The third-order valence-corrected chi connectivity index (χ3v) is 6.75. The molecule has 40 heavy (non-hydrogen) atoms. The minimum Gasteiger partial charge on any atom is -0.493 e. The van der Waals surface area contributed by atoms with Crippen molar-refractivity contribution in [3.05, 3.63) is 81.9 Å². The quantitative estimate of drug-likeness (QED) is 0.205. The van der Waals surface area contributed by atoms with E-state index in [-0.39, 0.29) is 25.4 Å². The van der Waals surface area contributed by atoms with Crippen LogP contribution >= 0.6 is 0 Å². The van der Waals surface area contributed by atoms with Gasteiger partial charge in [-0.05, 0) is 73.2 Å². The normalized spacial score (nSPS) is 13.0. The van der Waals surface area contributed by atoms with Gasteiger partial charge in [-0.2, -0.15) is 0 Å². The molecule has 214 valence electrons. The first-order chi connectivity index (χ1) is 19.3. The van der Waals surface area contributed by atoms with E-state index in [9.17, 15) is 10.2 Å². The maximum absolute atomic E-state index is 9.90. The zero-order valence-corrected chi connectivity index (χ0v) is 24.4. The zero-order chi connectivity index (χ0) is 29.1. The van der Waals surface area contributed by atoms with Crippen molar-refractivity contribution >= 4 is 24.3 Å². The van der Waals surface area contributed by atoms with Gasteiger partial charge >= 0.3 is 0 Å². The number of ether oxygens (including phenoxy) is 4. The van der Waals surface area contributed by atoms with Gasteiger partial charge in [0.25, 0.3) is 0 Å². The van der Waals surface area contributed by atoms with Crippen molar-refractivity contribution in [3.63, 3.8) is 0 Å². The van der Waals surface area contributed by atoms with Crippen molar-refractivity contribution in [2.45, 2.75) is 66.0 Å². The molecule has 0 aromatic heterocycles. The molecule has 3 aromatic carbocycles. The molecule has 0 aliphatic carbocycles. The Morgan fingerprint density at radius 2 is 0.975 bits per heavy atom. The molecule has 0 bridgehead atoms. The maximum atomic E-state index is 9.90. The number of aliphatic hydroxyl groups excluding tert-OH is 2. The van der Waals surface area contributed by atoms with Gasteiger partial charge < -0.3 is 29.2 Å². The van der Waals surface area contributed by atoms with Crippen molar-refractivity contribution in [3.8, 4) is 23.0 Å². The van der Waals surface area contributed by atoms with Gasteiger partial charge in [0.05, 0.1) is 39.6 Å². The summed E-state index contributed by atoms with van der Waals surface area (Å²) in [4.78, 5) is 0. The molecule has 3 rings (SSSR count). The third-order valence-electron chi connectivity index (χ3n) is 6.75. The highest BCUT2D eigenvalue weighted by atomic mass is 16.5. The summed E-state index contributed by atoms with van der Waals surface area (Å²) in [5, 5.41) is 19.8. The highest BCUT2D eigenvalue weighted by Crippen LogP contribution is 2.40. The van der Waals surface area contributed by atoms with Crippen LogP contribution in [0.3, 0.4) is 0 Å². The van der Waals surface area contributed by atoms with Crippen LogP contribution in [-0.4, -0.2) is 36.6 Å². The molecule has 0 amide bonds. The fourth-order valence-corrected chi connectivity index (χ4v) is 4.05. The Balaban J connectivity index is 1.77. The largest absolute Gasteiger partial charge is 0.493 e. The average molecular weight is 547 g/mol. The molecule has 2 atom stereocenters. The molecule has 2 unspecified atom stereocenters. The van der Waals surface area contributed by atoms with Crippen LogP contribution < -0.4 is 18.9 Å². The molecule has 6 heteroatoms. The molecule has 6 nitrogen and oxygen atoms in total. The van der Waals surface area contributed by atoms with E-state index in [2.05, 4.69) is 6.92 Å². The lowest BCUT2D eigenvalue weighted by molar-refractivity contribution is 0.196. The van der Waals surface area contributed by atoms with E-state index in [0.717, 1.165) is 35.1 Å². The Hall–Kier alpha value is -3.74. The lowest BCUT2D eigenvalue weighted by Crippen LogP contribution is -2.13. The molecular weight excluding hydrogens is 504 g/mol. The van der Waals surface area contributed by atoms with Crippen LogP contribution in [0.25, 0.3) is 24.3 Å². The smallest absolute Gasteiger partial charge is 0.203 e. The SMILES string of the molecule is CCC(C)Oc1c(CO)cc(/C=C/c2ccc(/C=C/c3cc(OC)c(OC(C)CC)c(OC)c3)cc2)cc1CO. The Morgan fingerprint density at radius 1 is 0.600 bits per heavy atom. The van der Waals surface area contributed by atoms with Gasteiger partial charge in [0.2, 0.25) is 5.75 Å².